The number of hydrogen-bond acceptors (Lipinski definition) is 8. The van der Waals surface area contributed by atoms with Gasteiger partial charge in [0.15, 0.2) is 5.78 Å². The fourth-order valence-corrected chi connectivity index (χ4v) is 5.72. The van der Waals surface area contributed by atoms with E-state index in [0.717, 1.165) is 23.6 Å². The molecule has 1 N–H and O–H groups in total. The molecule has 1 aromatic carbocycles. The molecule has 1 unspecified atom stereocenters. The highest BCUT2D eigenvalue weighted by molar-refractivity contribution is 6.06. The van der Waals surface area contributed by atoms with Gasteiger partial charge in [0.1, 0.15) is 29.9 Å². The second-order valence-corrected chi connectivity index (χ2v) is 11.1. The largest absolute Gasteiger partial charge is 0.574 e. The minimum Gasteiger partial charge on any atom is -0.388 e. The Balaban J connectivity index is 1.25. The van der Waals surface area contributed by atoms with Crippen molar-refractivity contribution < 1.29 is 32.3 Å². The van der Waals surface area contributed by atoms with Gasteiger partial charge < -0.3 is 15.0 Å². The molecule has 4 aromatic rings. The Bertz CT molecular complexity index is 1770. The van der Waals surface area contributed by atoms with Crippen LogP contribution in [-0.4, -0.2) is 65.7 Å². The molecular formula is C29H26F3N7O4. The maximum Gasteiger partial charge on any atom is 0.574 e. The van der Waals surface area contributed by atoms with Gasteiger partial charge in [-0.3, -0.25) is 19.1 Å². The number of carbonyl (C=O) groups is 3. The number of halogens is 3. The van der Waals surface area contributed by atoms with Crippen molar-refractivity contribution in [2.24, 2.45) is 5.41 Å². The van der Waals surface area contributed by atoms with Crippen LogP contribution in [0.3, 0.4) is 0 Å². The first-order valence-corrected chi connectivity index (χ1v) is 13.5. The first kappa shape index (κ1) is 28.2. The Labute approximate surface area is 243 Å². The normalized spacial score (nSPS) is 21.0. The summed E-state index contributed by atoms with van der Waals surface area (Å²) < 4.78 is 43.2. The number of ketones is 1. The molecule has 11 nitrogen and oxygen atoms in total. The molecule has 6 rings (SSSR count). The summed E-state index contributed by atoms with van der Waals surface area (Å²) >= 11 is 0. The van der Waals surface area contributed by atoms with Crippen molar-refractivity contribution in [1.82, 2.24) is 29.6 Å². The number of likely N-dealkylation sites (tertiary alicyclic amines) is 1. The Morgan fingerprint density at radius 2 is 1.84 bits per heavy atom. The molecular weight excluding hydrogens is 567 g/mol. The number of alkyl halides is 3. The number of hydrogen-bond donors (Lipinski definition) is 1. The number of rotatable bonds is 7. The molecule has 1 aliphatic heterocycles. The van der Waals surface area contributed by atoms with Gasteiger partial charge in [0, 0.05) is 42.4 Å². The highest BCUT2D eigenvalue weighted by Gasteiger charge is 2.64. The van der Waals surface area contributed by atoms with Crippen LogP contribution in [0.5, 0.6) is 5.88 Å². The molecule has 222 valence electrons. The lowest BCUT2D eigenvalue weighted by molar-refractivity contribution is -0.276. The van der Waals surface area contributed by atoms with Crippen molar-refractivity contribution >= 4 is 34.3 Å². The van der Waals surface area contributed by atoms with Gasteiger partial charge in [-0.15, -0.1) is 13.2 Å². The molecule has 2 fully saturated rings. The maximum atomic E-state index is 13.7. The van der Waals surface area contributed by atoms with Crippen molar-refractivity contribution in [2.75, 3.05) is 5.32 Å². The van der Waals surface area contributed by atoms with Crippen LogP contribution < -0.4 is 10.1 Å². The zero-order valence-corrected chi connectivity index (χ0v) is 23.3. The van der Waals surface area contributed by atoms with Crippen molar-refractivity contribution in [3.8, 4) is 17.0 Å². The molecule has 0 radical (unpaired) electrons. The molecule has 3 aromatic heterocycles. The molecule has 0 spiro atoms. The van der Waals surface area contributed by atoms with Crippen molar-refractivity contribution in [1.29, 1.82) is 0 Å². The van der Waals surface area contributed by atoms with Crippen LogP contribution in [0.1, 0.15) is 43.0 Å². The molecule has 2 aliphatic rings. The van der Waals surface area contributed by atoms with Crippen molar-refractivity contribution in [3.05, 3.63) is 60.3 Å². The lowest BCUT2D eigenvalue weighted by Crippen LogP contribution is -2.46. The number of aromatic nitrogens is 5. The molecule has 1 saturated carbocycles. The number of nitrogens with zero attached hydrogens (tertiary/aromatic N) is 6. The van der Waals surface area contributed by atoms with E-state index in [2.05, 4.69) is 30.1 Å². The van der Waals surface area contributed by atoms with Crippen LogP contribution in [0.2, 0.25) is 0 Å². The standard InChI is InChI=1S/C29H26F3N7O4/c1-15(40)26-19-9-17(18-12-33-16(2)34-13-18)7-8-20(19)38(37-26)14-25(41)39-21(10-28(3)11-22(28)39)27(42)36-23-5-4-6-24(35-23)43-29(30,31)32/h4-9,12-13,21-22H,10-11,14H2,1-3H3,(H,35,36,42)/t21-,22?,28-/m0/s1. The van der Waals surface area contributed by atoms with E-state index < -0.39 is 24.2 Å². The van der Waals surface area contributed by atoms with Crippen LogP contribution >= 0.6 is 0 Å². The number of benzene rings is 1. The van der Waals surface area contributed by atoms with E-state index in [1.54, 1.807) is 25.4 Å². The number of amides is 2. The predicted molar refractivity (Wildman–Crippen MR) is 147 cm³/mol. The van der Waals surface area contributed by atoms with Crippen LogP contribution in [0, 0.1) is 12.3 Å². The predicted octanol–water partition coefficient (Wildman–Crippen LogP) is 4.32. The zero-order chi connectivity index (χ0) is 30.7. The summed E-state index contributed by atoms with van der Waals surface area (Å²) in [4.78, 5) is 53.2. The minimum atomic E-state index is -4.93. The van der Waals surface area contributed by atoms with Gasteiger partial charge in [-0.2, -0.15) is 10.1 Å². The van der Waals surface area contributed by atoms with Gasteiger partial charge >= 0.3 is 6.36 Å². The summed E-state index contributed by atoms with van der Waals surface area (Å²) in [6, 6.07) is 7.99. The van der Waals surface area contributed by atoms with E-state index in [9.17, 15) is 27.6 Å². The van der Waals surface area contributed by atoms with Gasteiger partial charge in [0.05, 0.1) is 5.52 Å². The third-order valence-electron chi connectivity index (χ3n) is 7.90. The first-order chi connectivity index (χ1) is 20.3. The van der Waals surface area contributed by atoms with Crippen LogP contribution in [0.4, 0.5) is 19.0 Å². The third-order valence-corrected chi connectivity index (χ3v) is 7.90. The molecule has 3 atom stereocenters. The number of carbonyl (C=O) groups excluding carboxylic acids is 3. The van der Waals surface area contributed by atoms with Gasteiger partial charge in [-0.05, 0) is 48.9 Å². The fraction of sp³-hybridized carbons (Fsp3) is 0.345. The smallest absolute Gasteiger partial charge is 0.388 e. The first-order valence-electron chi connectivity index (χ1n) is 13.5. The van der Waals surface area contributed by atoms with Gasteiger partial charge in [0.2, 0.25) is 17.7 Å². The summed E-state index contributed by atoms with van der Waals surface area (Å²) in [7, 11) is 0. The molecule has 2 amide bonds. The summed E-state index contributed by atoms with van der Waals surface area (Å²) in [6.45, 7) is 4.94. The third kappa shape index (κ3) is 5.51. The molecule has 4 heterocycles. The van der Waals surface area contributed by atoms with Gasteiger partial charge in [0.25, 0.3) is 0 Å². The summed E-state index contributed by atoms with van der Waals surface area (Å²) in [5, 5.41) is 7.54. The summed E-state index contributed by atoms with van der Waals surface area (Å²) in [5.74, 6) is -1.44. The van der Waals surface area contributed by atoms with Crippen LogP contribution in [-0.2, 0) is 16.1 Å². The summed E-state index contributed by atoms with van der Waals surface area (Å²) in [6.07, 6.45) is -0.461. The van der Waals surface area contributed by atoms with E-state index in [1.165, 1.54) is 28.6 Å². The number of aryl methyl sites for hydroxylation is 1. The Morgan fingerprint density at radius 3 is 2.53 bits per heavy atom. The zero-order valence-electron chi connectivity index (χ0n) is 23.3. The Kier molecular flexibility index (Phi) is 6.66. The maximum absolute atomic E-state index is 13.7. The minimum absolute atomic E-state index is 0.135. The van der Waals surface area contributed by atoms with E-state index >= 15 is 0 Å². The molecule has 0 bridgehead atoms. The van der Waals surface area contributed by atoms with Crippen LogP contribution in [0.15, 0.2) is 48.8 Å². The average molecular weight is 594 g/mol. The SMILES string of the molecule is CC(=O)c1nn(CC(=O)N2C3C[C@]3(C)C[C@H]2C(=O)Nc2cccc(OC(F)(F)F)n2)c2ccc(-c3cnc(C)nc3)cc12. The van der Waals surface area contributed by atoms with Crippen molar-refractivity contribution in [2.45, 2.75) is 58.6 Å². The summed E-state index contributed by atoms with van der Waals surface area (Å²) in [5.41, 5.74) is 2.06. The van der Waals surface area contributed by atoms with E-state index in [-0.39, 0.29) is 41.2 Å². The second-order valence-electron chi connectivity index (χ2n) is 11.1. The quantitative estimate of drug-likeness (QED) is 0.314. The highest BCUT2D eigenvalue weighted by atomic mass is 19.4. The number of ether oxygens (including phenoxy) is 1. The number of Topliss-reactive ketones (excluding diaryl/α,β-unsaturated/α-hetero) is 1. The van der Waals surface area contributed by atoms with E-state index in [4.69, 9.17) is 0 Å². The lowest BCUT2D eigenvalue weighted by atomic mass is 10.0. The monoisotopic (exact) mass is 593 g/mol. The number of piperidine rings is 1. The topological polar surface area (TPSA) is 132 Å². The number of nitrogens with one attached hydrogen (secondary N) is 1. The highest BCUT2D eigenvalue weighted by Crippen LogP contribution is 2.59. The molecule has 1 saturated heterocycles. The Morgan fingerprint density at radius 1 is 1.09 bits per heavy atom. The van der Waals surface area contributed by atoms with E-state index in [0.29, 0.717) is 23.1 Å². The Hall–Kier alpha value is -4.88. The number of fused-ring (bicyclic) bond motifs is 2. The molecule has 1 aliphatic carbocycles. The average Bonchev–Trinajstić information content (AvgIpc) is 3.30. The second kappa shape index (κ2) is 10.1. The number of pyridine rings is 1. The molecule has 43 heavy (non-hydrogen) atoms. The van der Waals surface area contributed by atoms with Crippen LogP contribution in [0.25, 0.3) is 22.0 Å². The molecule has 14 heteroatoms. The lowest BCUT2D eigenvalue weighted by Gasteiger charge is -2.27. The van der Waals surface area contributed by atoms with E-state index in [1.807, 2.05) is 19.1 Å². The van der Waals surface area contributed by atoms with Crippen molar-refractivity contribution in [3.63, 3.8) is 0 Å². The fourth-order valence-electron chi connectivity index (χ4n) is 5.72. The number of anilines is 1. The van der Waals surface area contributed by atoms with Gasteiger partial charge in [-0.25, -0.2) is 9.97 Å². The van der Waals surface area contributed by atoms with Gasteiger partial charge in [-0.1, -0.05) is 19.1 Å².